The average Bonchev–Trinajstić information content (AvgIpc) is 2.54. The molecule has 1 atom stereocenters. The van der Waals surface area contributed by atoms with E-state index in [1.807, 2.05) is 0 Å². The molecule has 1 unspecified atom stereocenters. The van der Waals surface area contributed by atoms with Crippen molar-refractivity contribution in [3.63, 3.8) is 0 Å². The van der Waals surface area contributed by atoms with Gasteiger partial charge >= 0.3 is 6.18 Å². The largest absolute Gasteiger partial charge is 0.487 e. The van der Waals surface area contributed by atoms with Crippen LogP contribution in [0.5, 0.6) is 17.4 Å². The van der Waals surface area contributed by atoms with Crippen LogP contribution in [0.1, 0.15) is 12.5 Å². The number of alkyl halides is 3. The van der Waals surface area contributed by atoms with Crippen molar-refractivity contribution < 1.29 is 27.4 Å². The summed E-state index contributed by atoms with van der Waals surface area (Å²) < 4.78 is 48.3. The van der Waals surface area contributed by atoms with Crippen molar-refractivity contribution in [1.82, 2.24) is 4.98 Å². The fraction of sp³-hybridized carbons (Fsp3) is 0.176. The average molecular weight is 372 g/mol. The highest BCUT2D eigenvalue weighted by Gasteiger charge is 2.30. The molecule has 4 nitrogen and oxygen atoms in total. The molecule has 1 heterocycles. The number of halogens is 4. The van der Waals surface area contributed by atoms with Gasteiger partial charge in [0.05, 0.1) is 5.56 Å². The van der Waals surface area contributed by atoms with E-state index in [2.05, 4.69) is 4.98 Å². The summed E-state index contributed by atoms with van der Waals surface area (Å²) in [5.74, 6) is 0.948. The second kappa shape index (κ2) is 8.02. The molecule has 0 N–H and O–H groups in total. The minimum absolute atomic E-state index is 0.0404. The standard InChI is InChI=1S/C17H13ClF3NO3/c1-11(2-8-15(18)23)24-13-4-6-14(7-5-13)25-16-9-3-12(10-22-16)17(19,20)21/h2-11H,1H3/b8-2+. The van der Waals surface area contributed by atoms with Gasteiger partial charge in [-0.2, -0.15) is 13.2 Å². The van der Waals surface area contributed by atoms with E-state index in [0.29, 0.717) is 17.7 Å². The summed E-state index contributed by atoms with van der Waals surface area (Å²) in [6.45, 7) is 1.73. The lowest BCUT2D eigenvalue weighted by atomic mass is 10.3. The first-order valence-electron chi connectivity index (χ1n) is 7.09. The van der Waals surface area contributed by atoms with E-state index in [1.165, 1.54) is 12.2 Å². The molecule has 0 aliphatic rings. The maximum Gasteiger partial charge on any atom is 0.417 e. The molecule has 0 saturated carbocycles. The number of hydrogen-bond donors (Lipinski definition) is 0. The molecule has 0 spiro atoms. The third kappa shape index (κ3) is 6.11. The summed E-state index contributed by atoms with van der Waals surface area (Å²) in [5.41, 5.74) is -0.846. The molecule has 0 amide bonds. The van der Waals surface area contributed by atoms with Crippen LogP contribution >= 0.6 is 11.6 Å². The summed E-state index contributed by atoms with van der Waals surface area (Å²) in [5, 5.41) is -0.594. The molecule has 0 bridgehead atoms. The Balaban J connectivity index is 1.97. The molecule has 0 fully saturated rings. The zero-order valence-corrected chi connectivity index (χ0v) is 13.7. The summed E-state index contributed by atoms with van der Waals surface area (Å²) in [6.07, 6.45) is -1.40. The summed E-state index contributed by atoms with van der Waals surface area (Å²) in [7, 11) is 0. The lowest BCUT2D eigenvalue weighted by Gasteiger charge is -2.11. The smallest absolute Gasteiger partial charge is 0.417 e. The molecule has 8 heteroatoms. The summed E-state index contributed by atoms with van der Waals surface area (Å²) in [4.78, 5) is 14.3. The maximum atomic E-state index is 12.5. The number of ether oxygens (including phenoxy) is 2. The van der Waals surface area contributed by atoms with E-state index in [0.717, 1.165) is 12.1 Å². The Hall–Kier alpha value is -2.54. The normalized spacial score (nSPS) is 12.8. The van der Waals surface area contributed by atoms with Crippen LogP contribution < -0.4 is 9.47 Å². The van der Waals surface area contributed by atoms with Gasteiger partial charge in [0.25, 0.3) is 0 Å². The molecule has 1 aromatic carbocycles. The van der Waals surface area contributed by atoms with Crippen LogP contribution in [0.3, 0.4) is 0 Å². The van der Waals surface area contributed by atoms with Crippen LogP contribution in [-0.2, 0) is 11.0 Å². The van der Waals surface area contributed by atoms with Crippen molar-refractivity contribution in [3.8, 4) is 17.4 Å². The molecular formula is C17H13ClF3NO3. The van der Waals surface area contributed by atoms with Gasteiger partial charge in [-0.3, -0.25) is 4.79 Å². The van der Waals surface area contributed by atoms with Crippen LogP contribution in [0.15, 0.2) is 54.7 Å². The molecular weight excluding hydrogens is 359 g/mol. The minimum Gasteiger partial charge on any atom is -0.487 e. The van der Waals surface area contributed by atoms with Crippen molar-refractivity contribution in [2.75, 3.05) is 0 Å². The molecule has 0 saturated heterocycles. The number of allylic oxidation sites excluding steroid dienone is 1. The summed E-state index contributed by atoms with van der Waals surface area (Å²) >= 11 is 5.19. The number of hydrogen-bond acceptors (Lipinski definition) is 4. The van der Waals surface area contributed by atoms with Crippen molar-refractivity contribution in [3.05, 3.63) is 60.3 Å². The predicted molar refractivity (Wildman–Crippen MR) is 85.8 cm³/mol. The molecule has 1 aromatic heterocycles. The van der Waals surface area contributed by atoms with Crippen LogP contribution in [0.25, 0.3) is 0 Å². The SMILES string of the molecule is CC(/C=C/C(=O)Cl)Oc1ccc(Oc2ccc(C(F)(F)F)cn2)cc1. The van der Waals surface area contributed by atoms with Crippen molar-refractivity contribution in [2.24, 2.45) is 0 Å². The van der Waals surface area contributed by atoms with Crippen LogP contribution in [-0.4, -0.2) is 16.3 Å². The van der Waals surface area contributed by atoms with E-state index < -0.39 is 17.0 Å². The number of carbonyl (C=O) groups excluding carboxylic acids is 1. The van der Waals surface area contributed by atoms with Gasteiger partial charge in [-0.1, -0.05) is 0 Å². The van der Waals surface area contributed by atoms with Crippen LogP contribution in [0, 0.1) is 0 Å². The van der Waals surface area contributed by atoms with Gasteiger partial charge in [-0.05, 0) is 61.0 Å². The molecule has 0 radical (unpaired) electrons. The molecule has 0 aliphatic carbocycles. The fourth-order valence-corrected chi connectivity index (χ4v) is 1.85. The number of carbonyl (C=O) groups is 1. The van der Waals surface area contributed by atoms with Crippen molar-refractivity contribution in [1.29, 1.82) is 0 Å². The van der Waals surface area contributed by atoms with Gasteiger partial charge in [0.1, 0.15) is 17.6 Å². The zero-order valence-electron chi connectivity index (χ0n) is 13.0. The third-order valence-corrected chi connectivity index (χ3v) is 3.06. The van der Waals surface area contributed by atoms with E-state index in [4.69, 9.17) is 21.1 Å². The van der Waals surface area contributed by atoms with Crippen LogP contribution in [0.2, 0.25) is 0 Å². The van der Waals surface area contributed by atoms with Gasteiger partial charge in [-0.15, -0.1) is 0 Å². The highest BCUT2D eigenvalue weighted by molar-refractivity contribution is 6.66. The number of benzene rings is 1. The first-order chi connectivity index (χ1) is 11.7. The fourth-order valence-electron chi connectivity index (χ4n) is 1.78. The number of rotatable bonds is 6. The first-order valence-corrected chi connectivity index (χ1v) is 7.47. The summed E-state index contributed by atoms with van der Waals surface area (Å²) in [6, 6.07) is 8.43. The van der Waals surface area contributed by atoms with Gasteiger partial charge in [0.15, 0.2) is 0 Å². The van der Waals surface area contributed by atoms with Gasteiger partial charge in [-0.25, -0.2) is 4.98 Å². The Morgan fingerprint density at radius 1 is 1.16 bits per heavy atom. The quantitative estimate of drug-likeness (QED) is 0.530. The zero-order chi connectivity index (χ0) is 18.4. The topological polar surface area (TPSA) is 48.4 Å². The van der Waals surface area contributed by atoms with E-state index in [9.17, 15) is 18.0 Å². The van der Waals surface area contributed by atoms with E-state index in [-0.39, 0.29) is 12.0 Å². The Kier molecular flexibility index (Phi) is 6.03. The van der Waals surface area contributed by atoms with Crippen molar-refractivity contribution in [2.45, 2.75) is 19.2 Å². The second-order valence-electron chi connectivity index (χ2n) is 4.94. The van der Waals surface area contributed by atoms with E-state index in [1.54, 1.807) is 31.2 Å². The van der Waals surface area contributed by atoms with Crippen molar-refractivity contribution >= 4 is 16.8 Å². The lowest BCUT2D eigenvalue weighted by molar-refractivity contribution is -0.137. The maximum absolute atomic E-state index is 12.5. The van der Waals surface area contributed by atoms with Gasteiger partial charge in [0.2, 0.25) is 11.1 Å². The lowest BCUT2D eigenvalue weighted by Crippen LogP contribution is -2.08. The molecule has 132 valence electrons. The molecule has 25 heavy (non-hydrogen) atoms. The van der Waals surface area contributed by atoms with Crippen LogP contribution in [0.4, 0.5) is 13.2 Å². The highest BCUT2D eigenvalue weighted by atomic mass is 35.5. The monoisotopic (exact) mass is 371 g/mol. The highest BCUT2D eigenvalue weighted by Crippen LogP contribution is 2.30. The number of aromatic nitrogens is 1. The van der Waals surface area contributed by atoms with E-state index >= 15 is 0 Å². The molecule has 0 aliphatic heterocycles. The number of nitrogens with zero attached hydrogens (tertiary/aromatic N) is 1. The minimum atomic E-state index is -4.44. The van der Waals surface area contributed by atoms with Gasteiger partial charge in [0, 0.05) is 12.3 Å². The second-order valence-corrected chi connectivity index (χ2v) is 5.32. The Labute approximate surface area is 146 Å². The third-order valence-electron chi connectivity index (χ3n) is 2.93. The molecule has 2 aromatic rings. The Morgan fingerprint density at radius 3 is 2.32 bits per heavy atom. The number of pyridine rings is 1. The predicted octanol–water partition coefficient (Wildman–Crippen LogP) is 4.98. The first kappa shape index (κ1) is 18.8. The van der Waals surface area contributed by atoms with Gasteiger partial charge < -0.3 is 9.47 Å². The molecule has 2 rings (SSSR count). The Morgan fingerprint density at radius 2 is 1.80 bits per heavy atom. The Bertz CT molecular complexity index is 743.